The van der Waals surface area contributed by atoms with E-state index in [0.717, 1.165) is 9.34 Å². The molecule has 0 aliphatic carbocycles. The molecule has 31 heavy (non-hydrogen) atoms. The van der Waals surface area contributed by atoms with E-state index in [9.17, 15) is 18.7 Å². The predicted molar refractivity (Wildman–Crippen MR) is 108 cm³/mol. The SMILES string of the molecule is O=C1c2ccccc2OP2(=O)OCCOP3(=O)Oc4ccccc4C(=O)N3CCCN12. The highest BCUT2D eigenvalue weighted by Gasteiger charge is 2.48. The zero-order valence-electron chi connectivity index (χ0n) is 16.2. The van der Waals surface area contributed by atoms with E-state index in [1.54, 1.807) is 36.4 Å². The Morgan fingerprint density at radius 3 is 1.55 bits per heavy atom. The first-order chi connectivity index (χ1) is 14.9. The molecule has 0 bridgehead atoms. The van der Waals surface area contributed by atoms with Crippen molar-refractivity contribution in [2.45, 2.75) is 6.42 Å². The molecule has 0 aromatic heterocycles. The summed E-state index contributed by atoms with van der Waals surface area (Å²) in [7, 11) is -8.02. The quantitative estimate of drug-likeness (QED) is 0.543. The van der Waals surface area contributed by atoms with Crippen LogP contribution in [0.3, 0.4) is 0 Å². The molecule has 3 aliphatic rings. The lowest BCUT2D eigenvalue weighted by molar-refractivity contribution is 0.0768. The molecule has 10 nitrogen and oxygen atoms in total. The number of para-hydroxylation sites is 2. The van der Waals surface area contributed by atoms with Crippen LogP contribution in [0.15, 0.2) is 48.5 Å². The largest absolute Gasteiger partial charge is 0.491 e. The highest BCUT2D eigenvalue weighted by Crippen LogP contribution is 2.59. The van der Waals surface area contributed by atoms with Crippen molar-refractivity contribution < 1.29 is 36.8 Å². The number of hydrogen-bond acceptors (Lipinski definition) is 8. The molecular formula is C19H18N2O8P2. The minimum absolute atomic E-state index is 0.0458. The molecule has 2 aromatic rings. The molecule has 2 amide bonds. The van der Waals surface area contributed by atoms with Gasteiger partial charge in [-0.05, 0) is 30.7 Å². The van der Waals surface area contributed by atoms with Gasteiger partial charge >= 0.3 is 15.5 Å². The molecule has 0 spiro atoms. The van der Waals surface area contributed by atoms with Gasteiger partial charge in [-0.2, -0.15) is 0 Å². The van der Waals surface area contributed by atoms with Crippen LogP contribution in [0.5, 0.6) is 11.5 Å². The van der Waals surface area contributed by atoms with Crippen LogP contribution < -0.4 is 9.05 Å². The van der Waals surface area contributed by atoms with E-state index in [0.29, 0.717) is 0 Å². The average molecular weight is 464 g/mol. The summed E-state index contributed by atoms with van der Waals surface area (Å²) in [5.41, 5.74) is 0.529. The molecule has 2 aromatic carbocycles. The molecule has 1 saturated heterocycles. The van der Waals surface area contributed by atoms with Crippen molar-refractivity contribution in [3.8, 4) is 11.5 Å². The van der Waals surface area contributed by atoms with Crippen LogP contribution in [0, 0.1) is 0 Å². The van der Waals surface area contributed by atoms with Crippen LogP contribution >= 0.6 is 15.5 Å². The lowest BCUT2D eigenvalue weighted by atomic mass is 10.2. The molecule has 162 valence electrons. The third-order valence-corrected chi connectivity index (χ3v) is 8.87. The zero-order valence-corrected chi connectivity index (χ0v) is 18.0. The summed E-state index contributed by atoms with van der Waals surface area (Å²) in [5, 5.41) is 0. The van der Waals surface area contributed by atoms with Crippen molar-refractivity contribution in [3.05, 3.63) is 59.7 Å². The zero-order chi connectivity index (χ0) is 21.6. The molecule has 5 rings (SSSR count). The number of carbonyl (C=O) groups excluding carboxylic acids is 2. The Bertz CT molecular complexity index is 1080. The molecule has 0 saturated carbocycles. The van der Waals surface area contributed by atoms with Gasteiger partial charge in [0.2, 0.25) is 0 Å². The molecule has 12 heteroatoms. The number of fused-ring (bicyclic) bond motifs is 4. The highest BCUT2D eigenvalue weighted by atomic mass is 31.2. The first kappa shape index (κ1) is 20.3. The summed E-state index contributed by atoms with van der Waals surface area (Å²) >= 11 is 0. The van der Waals surface area contributed by atoms with Gasteiger partial charge in [0, 0.05) is 13.1 Å². The van der Waals surface area contributed by atoms with Crippen LogP contribution in [-0.4, -0.2) is 47.5 Å². The molecule has 2 unspecified atom stereocenters. The van der Waals surface area contributed by atoms with Crippen LogP contribution in [0.4, 0.5) is 0 Å². The summed E-state index contributed by atoms with van der Waals surface area (Å²) in [6, 6.07) is 12.9. The Morgan fingerprint density at radius 2 is 1.10 bits per heavy atom. The van der Waals surface area contributed by atoms with Crippen LogP contribution in [0.2, 0.25) is 0 Å². The molecular weight excluding hydrogens is 446 g/mol. The van der Waals surface area contributed by atoms with Gasteiger partial charge in [0.1, 0.15) is 11.5 Å². The Morgan fingerprint density at radius 1 is 0.677 bits per heavy atom. The number of benzene rings is 2. The van der Waals surface area contributed by atoms with E-state index < -0.39 is 27.3 Å². The van der Waals surface area contributed by atoms with Gasteiger partial charge in [-0.3, -0.25) is 18.6 Å². The van der Waals surface area contributed by atoms with Crippen molar-refractivity contribution >= 4 is 27.3 Å². The maximum Gasteiger partial charge on any atom is 0.491 e. The van der Waals surface area contributed by atoms with Gasteiger partial charge in [-0.25, -0.2) is 18.5 Å². The van der Waals surface area contributed by atoms with Gasteiger partial charge in [0.05, 0.1) is 24.3 Å². The summed E-state index contributed by atoms with van der Waals surface area (Å²) in [6.07, 6.45) is 0.148. The van der Waals surface area contributed by atoms with Crippen LogP contribution in [-0.2, 0) is 18.2 Å². The smallest absolute Gasteiger partial charge is 0.408 e. The Balaban J connectivity index is 1.46. The van der Waals surface area contributed by atoms with Gasteiger partial charge < -0.3 is 9.05 Å². The van der Waals surface area contributed by atoms with E-state index in [1.807, 2.05) is 0 Å². The maximum absolute atomic E-state index is 13.4. The van der Waals surface area contributed by atoms with Crippen LogP contribution in [0.1, 0.15) is 27.1 Å². The monoisotopic (exact) mass is 464 g/mol. The Hall–Kier alpha value is -2.64. The number of nitrogens with zero attached hydrogens (tertiary/aromatic N) is 2. The van der Waals surface area contributed by atoms with E-state index in [-0.39, 0.29) is 55.4 Å². The van der Waals surface area contributed by atoms with Gasteiger partial charge in [-0.15, -0.1) is 0 Å². The van der Waals surface area contributed by atoms with Gasteiger partial charge in [0.25, 0.3) is 11.8 Å². The van der Waals surface area contributed by atoms with E-state index >= 15 is 0 Å². The van der Waals surface area contributed by atoms with Crippen molar-refractivity contribution in [1.29, 1.82) is 0 Å². The summed E-state index contributed by atoms with van der Waals surface area (Å²) in [6.45, 7) is -0.674. The predicted octanol–water partition coefficient (Wildman–Crippen LogP) is 3.71. The fourth-order valence-corrected chi connectivity index (χ4v) is 7.05. The molecule has 3 heterocycles. The minimum Gasteiger partial charge on any atom is -0.408 e. The summed E-state index contributed by atoms with van der Waals surface area (Å²) < 4.78 is 50.9. The molecule has 2 atom stereocenters. The lowest BCUT2D eigenvalue weighted by Gasteiger charge is -2.35. The van der Waals surface area contributed by atoms with Crippen LogP contribution in [0.25, 0.3) is 0 Å². The fourth-order valence-electron chi connectivity index (χ4n) is 3.61. The lowest BCUT2D eigenvalue weighted by Crippen LogP contribution is -2.38. The second-order valence-electron chi connectivity index (χ2n) is 6.99. The number of carbonyl (C=O) groups is 2. The standard InChI is InChI=1S/C19H18N2O8P2/c22-18-14-6-1-3-8-16(14)28-30(24)20(18)10-5-11-21-19(23)15-7-2-4-9-17(15)29-31(21,25)27-13-12-26-30/h1-4,6-9H,5,10-13H2. The highest BCUT2D eigenvalue weighted by molar-refractivity contribution is 7.53. The third-order valence-electron chi connectivity index (χ3n) is 5.05. The molecule has 0 N–H and O–H groups in total. The van der Waals surface area contributed by atoms with E-state index in [4.69, 9.17) is 18.1 Å². The second kappa shape index (κ2) is 7.50. The average Bonchev–Trinajstić information content (AvgIpc) is 2.77. The van der Waals surface area contributed by atoms with Crippen molar-refractivity contribution in [3.63, 3.8) is 0 Å². The molecule has 0 radical (unpaired) electrons. The number of rotatable bonds is 0. The minimum atomic E-state index is -4.01. The van der Waals surface area contributed by atoms with E-state index in [1.165, 1.54) is 12.1 Å². The van der Waals surface area contributed by atoms with Gasteiger partial charge in [-0.1, -0.05) is 24.3 Å². The van der Waals surface area contributed by atoms with Gasteiger partial charge in [0.15, 0.2) is 0 Å². The Labute approximate surface area is 177 Å². The second-order valence-corrected chi connectivity index (χ2v) is 10.7. The summed E-state index contributed by atoms with van der Waals surface area (Å²) in [4.78, 5) is 26.0. The Kier molecular flexibility index (Phi) is 4.90. The van der Waals surface area contributed by atoms with Crippen molar-refractivity contribution in [1.82, 2.24) is 9.34 Å². The number of amides is 2. The fraction of sp³-hybridized carbons (Fsp3) is 0.263. The van der Waals surface area contributed by atoms with E-state index in [2.05, 4.69) is 0 Å². The summed E-state index contributed by atoms with van der Waals surface area (Å²) in [5.74, 6) is -0.663. The number of hydrogen-bond donors (Lipinski definition) is 0. The topological polar surface area (TPSA) is 112 Å². The molecule has 1 fully saturated rings. The van der Waals surface area contributed by atoms with Crippen molar-refractivity contribution in [2.24, 2.45) is 0 Å². The maximum atomic E-state index is 13.4. The first-order valence-corrected chi connectivity index (χ1v) is 12.6. The van der Waals surface area contributed by atoms with Crippen molar-refractivity contribution in [2.75, 3.05) is 26.3 Å². The third kappa shape index (κ3) is 3.36. The first-order valence-electron chi connectivity index (χ1n) is 9.62. The normalized spacial score (nSPS) is 28.1. The molecule has 3 aliphatic heterocycles.